The maximum absolute atomic E-state index is 5.25. The predicted octanol–water partition coefficient (Wildman–Crippen LogP) is 2.30. The fourth-order valence-electron chi connectivity index (χ4n) is 2.64. The Labute approximate surface area is 122 Å². The molecule has 0 spiro atoms. The molecule has 4 nitrogen and oxygen atoms in total. The van der Waals surface area contributed by atoms with Gasteiger partial charge in [0.1, 0.15) is 5.82 Å². The van der Waals surface area contributed by atoms with E-state index in [1.165, 1.54) is 6.42 Å². The molecule has 1 aromatic heterocycles. The van der Waals surface area contributed by atoms with Crippen LogP contribution in [0.2, 0.25) is 0 Å². The van der Waals surface area contributed by atoms with E-state index in [4.69, 9.17) is 9.72 Å². The summed E-state index contributed by atoms with van der Waals surface area (Å²) >= 11 is 0. The number of methoxy groups -OCH3 is 1. The van der Waals surface area contributed by atoms with Gasteiger partial charge in [0.25, 0.3) is 0 Å². The standard InChI is InChI=1S/C16H27N3O/c1-13(2)9-17-10-15-5-4-6-16(18-15)19-8-7-14(11-19)12-20-3/h4-6,13-14,17H,7-12H2,1-3H3. The van der Waals surface area contributed by atoms with E-state index in [1.807, 2.05) is 0 Å². The quantitative estimate of drug-likeness (QED) is 0.830. The third kappa shape index (κ3) is 4.46. The number of nitrogens with zero attached hydrogens (tertiary/aromatic N) is 2. The molecule has 0 saturated carbocycles. The van der Waals surface area contributed by atoms with Crippen molar-refractivity contribution < 1.29 is 4.74 Å². The molecule has 1 saturated heterocycles. The molecule has 1 aliphatic rings. The molecular formula is C16H27N3O. The number of nitrogens with one attached hydrogen (secondary N) is 1. The van der Waals surface area contributed by atoms with E-state index in [0.717, 1.165) is 44.3 Å². The predicted molar refractivity (Wildman–Crippen MR) is 83.0 cm³/mol. The molecule has 0 amide bonds. The summed E-state index contributed by atoms with van der Waals surface area (Å²) in [6.07, 6.45) is 1.20. The maximum Gasteiger partial charge on any atom is 0.128 e. The van der Waals surface area contributed by atoms with Crippen molar-refractivity contribution in [3.05, 3.63) is 23.9 Å². The second kappa shape index (κ2) is 7.60. The average Bonchev–Trinajstić information content (AvgIpc) is 2.88. The van der Waals surface area contributed by atoms with Crippen molar-refractivity contribution in [1.29, 1.82) is 0 Å². The largest absolute Gasteiger partial charge is 0.384 e. The highest BCUT2D eigenvalue weighted by Crippen LogP contribution is 2.22. The van der Waals surface area contributed by atoms with Crippen molar-refractivity contribution in [1.82, 2.24) is 10.3 Å². The molecule has 0 aliphatic carbocycles. The molecule has 1 aliphatic heterocycles. The zero-order chi connectivity index (χ0) is 14.4. The van der Waals surface area contributed by atoms with Crippen LogP contribution in [0.3, 0.4) is 0 Å². The average molecular weight is 277 g/mol. The van der Waals surface area contributed by atoms with Crippen LogP contribution < -0.4 is 10.2 Å². The Hall–Kier alpha value is -1.13. The van der Waals surface area contributed by atoms with Crippen molar-refractivity contribution in [2.45, 2.75) is 26.8 Å². The van der Waals surface area contributed by atoms with Crippen molar-refractivity contribution in [3.8, 4) is 0 Å². The Kier molecular flexibility index (Phi) is 5.80. The second-order valence-corrected chi connectivity index (χ2v) is 6.07. The summed E-state index contributed by atoms with van der Waals surface area (Å²) in [5, 5.41) is 3.45. The van der Waals surface area contributed by atoms with Crippen molar-refractivity contribution in [2.24, 2.45) is 11.8 Å². The van der Waals surface area contributed by atoms with Gasteiger partial charge in [0, 0.05) is 32.7 Å². The van der Waals surface area contributed by atoms with Gasteiger partial charge < -0.3 is 15.0 Å². The van der Waals surface area contributed by atoms with Crippen LogP contribution in [-0.4, -0.2) is 38.3 Å². The van der Waals surface area contributed by atoms with Crippen LogP contribution in [0.25, 0.3) is 0 Å². The number of pyridine rings is 1. The van der Waals surface area contributed by atoms with Crippen molar-refractivity contribution >= 4 is 5.82 Å². The fourth-order valence-corrected chi connectivity index (χ4v) is 2.64. The lowest BCUT2D eigenvalue weighted by atomic mass is 10.1. The second-order valence-electron chi connectivity index (χ2n) is 6.07. The van der Waals surface area contributed by atoms with Crippen LogP contribution >= 0.6 is 0 Å². The third-order valence-corrected chi connectivity index (χ3v) is 3.66. The normalized spacial score (nSPS) is 19.0. The van der Waals surface area contributed by atoms with Crippen molar-refractivity contribution in [3.63, 3.8) is 0 Å². The molecule has 20 heavy (non-hydrogen) atoms. The molecule has 112 valence electrons. The first kappa shape index (κ1) is 15.3. The summed E-state index contributed by atoms with van der Waals surface area (Å²) in [7, 11) is 1.78. The minimum atomic E-state index is 0.643. The van der Waals surface area contributed by atoms with Gasteiger partial charge in [-0.15, -0.1) is 0 Å². The van der Waals surface area contributed by atoms with E-state index in [9.17, 15) is 0 Å². The fraction of sp³-hybridized carbons (Fsp3) is 0.688. The van der Waals surface area contributed by atoms with E-state index < -0.39 is 0 Å². The topological polar surface area (TPSA) is 37.4 Å². The summed E-state index contributed by atoms with van der Waals surface area (Å²) in [5.41, 5.74) is 1.12. The van der Waals surface area contributed by atoms with Gasteiger partial charge in [-0.05, 0) is 31.0 Å². The first-order valence-corrected chi connectivity index (χ1v) is 7.59. The molecular weight excluding hydrogens is 250 g/mol. The Morgan fingerprint density at radius 1 is 1.45 bits per heavy atom. The maximum atomic E-state index is 5.25. The Bertz CT molecular complexity index is 408. The number of rotatable bonds is 7. The van der Waals surface area contributed by atoms with E-state index in [-0.39, 0.29) is 0 Å². The van der Waals surface area contributed by atoms with E-state index in [1.54, 1.807) is 7.11 Å². The third-order valence-electron chi connectivity index (χ3n) is 3.66. The number of anilines is 1. The molecule has 2 heterocycles. The van der Waals surface area contributed by atoms with Gasteiger partial charge in [-0.1, -0.05) is 19.9 Å². The summed E-state index contributed by atoms with van der Waals surface area (Å²) in [4.78, 5) is 7.14. The highest BCUT2D eigenvalue weighted by molar-refractivity contribution is 5.40. The van der Waals surface area contributed by atoms with Crippen LogP contribution in [-0.2, 0) is 11.3 Å². The lowest BCUT2D eigenvalue weighted by Gasteiger charge is -2.18. The highest BCUT2D eigenvalue weighted by atomic mass is 16.5. The summed E-state index contributed by atoms with van der Waals surface area (Å²) in [6, 6.07) is 6.32. The molecule has 1 atom stereocenters. The van der Waals surface area contributed by atoms with Gasteiger partial charge in [0.15, 0.2) is 0 Å². The molecule has 2 rings (SSSR count). The number of hydrogen-bond donors (Lipinski definition) is 1. The first-order chi connectivity index (χ1) is 9.69. The zero-order valence-corrected chi connectivity index (χ0v) is 12.9. The van der Waals surface area contributed by atoms with E-state index >= 15 is 0 Å². The highest BCUT2D eigenvalue weighted by Gasteiger charge is 2.23. The van der Waals surface area contributed by atoms with Crippen molar-refractivity contribution in [2.75, 3.05) is 38.3 Å². The van der Waals surface area contributed by atoms with Crippen LogP contribution in [0.1, 0.15) is 26.0 Å². The van der Waals surface area contributed by atoms with Gasteiger partial charge in [-0.2, -0.15) is 0 Å². The van der Waals surface area contributed by atoms with Crippen LogP contribution in [0, 0.1) is 11.8 Å². The first-order valence-electron chi connectivity index (χ1n) is 7.59. The van der Waals surface area contributed by atoms with E-state index in [0.29, 0.717) is 11.8 Å². The minimum Gasteiger partial charge on any atom is -0.384 e. The Morgan fingerprint density at radius 3 is 3.05 bits per heavy atom. The van der Waals surface area contributed by atoms with Gasteiger partial charge >= 0.3 is 0 Å². The summed E-state index contributed by atoms with van der Waals surface area (Å²) in [5.74, 6) is 2.42. The molecule has 1 fully saturated rings. The molecule has 0 radical (unpaired) electrons. The number of aromatic nitrogens is 1. The lowest BCUT2D eigenvalue weighted by molar-refractivity contribution is 0.161. The van der Waals surface area contributed by atoms with Crippen LogP contribution in [0.5, 0.6) is 0 Å². The van der Waals surface area contributed by atoms with Crippen LogP contribution in [0.15, 0.2) is 18.2 Å². The van der Waals surface area contributed by atoms with Gasteiger partial charge in [0.05, 0.1) is 12.3 Å². The number of ether oxygens (including phenoxy) is 1. The minimum absolute atomic E-state index is 0.643. The van der Waals surface area contributed by atoms with Gasteiger partial charge in [-0.25, -0.2) is 4.98 Å². The number of hydrogen-bond acceptors (Lipinski definition) is 4. The zero-order valence-electron chi connectivity index (χ0n) is 12.9. The molecule has 0 bridgehead atoms. The smallest absolute Gasteiger partial charge is 0.128 e. The molecule has 1 unspecified atom stereocenters. The summed E-state index contributed by atoms with van der Waals surface area (Å²) < 4.78 is 5.25. The monoisotopic (exact) mass is 277 g/mol. The molecule has 1 aromatic rings. The molecule has 1 N–H and O–H groups in total. The SMILES string of the molecule is COCC1CCN(c2cccc(CNCC(C)C)n2)C1. The lowest BCUT2D eigenvalue weighted by Crippen LogP contribution is -2.23. The van der Waals surface area contributed by atoms with E-state index in [2.05, 4.69) is 42.3 Å². The Balaban J connectivity index is 1.89. The van der Waals surface area contributed by atoms with Gasteiger partial charge in [-0.3, -0.25) is 0 Å². The molecule has 0 aromatic carbocycles. The van der Waals surface area contributed by atoms with Crippen LogP contribution in [0.4, 0.5) is 5.82 Å². The summed E-state index contributed by atoms with van der Waals surface area (Å²) in [6.45, 7) is 9.32. The molecule has 4 heteroatoms. The Morgan fingerprint density at radius 2 is 2.30 bits per heavy atom. The van der Waals surface area contributed by atoms with Gasteiger partial charge in [0.2, 0.25) is 0 Å².